The van der Waals surface area contributed by atoms with Gasteiger partial charge in [-0.2, -0.15) is 4.98 Å². The van der Waals surface area contributed by atoms with Gasteiger partial charge in [-0.3, -0.25) is 4.79 Å². The first-order chi connectivity index (χ1) is 15.2. The monoisotopic (exact) mass is 415 g/mol. The predicted octanol–water partition coefficient (Wildman–Crippen LogP) is 4.45. The minimum absolute atomic E-state index is 0.0836. The SMILES string of the molecule is O=C(c1ccccc1F)N1CC(Oc2ccc(-c3noc(-c4ccccc4)n3)cc2)C1. The lowest BCUT2D eigenvalue weighted by atomic mass is 10.1. The van der Waals surface area contributed by atoms with Crippen LogP contribution in [0.4, 0.5) is 4.39 Å². The molecule has 0 saturated carbocycles. The molecule has 2 heterocycles. The molecule has 0 radical (unpaired) electrons. The van der Waals surface area contributed by atoms with Crippen molar-refractivity contribution in [1.29, 1.82) is 0 Å². The Bertz CT molecular complexity index is 1200. The molecule has 0 bridgehead atoms. The zero-order chi connectivity index (χ0) is 21.2. The van der Waals surface area contributed by atoms with Crippen molar-refractivity contribution in [3.63, 3.8) is 0 Å². The Morgan fingerprint density at radius 2 is 1.65 bits per heavy atom. The van der Waals surface area contributed by atoms with Crippen LogP contribution in [0.1, 0.15) is 10.4 Å². The third-order valence-corrected chi connectivity index (χ3v) is 5.10. The van der Waals surface area contributed by atoms with E-state index in [0.29, 0.717) is 30.6 Å². The molecule has 154 valence electrons. The van der Waals surface area contributed by atoms with Crippen LogP contribution >= 0.6 is 0 Å². The predicted molar refractivity (Wildman–Crippen MR) is 112 cm³/mol. The molecular weight excluding hydrogens is 397 g/mol. The average Bonchev–Trinajstić information content (AvgIpc) is 3.27. The van der Waals surface area contributed by atoms with Gasteiger partial charge in [0, 0.05) is 11.1 Å². The minimum atomic E-state index is -0.510. The summed E-state index contributed by atoms with van der Waals surface area (Å²) in [7, 11) is 0. The van der Waals surface area contributed by atoms with Gasteiger partial charge in [-0.15, -0.1) is 0 Å². The third kappa shape index (κ3) is 3.90. The lowest BCUT2D eigenvalue weighted by Crippen LogP contribution is -2.56. The van der Waals surface area contributed by atoms with E-state index in [1.807, 2.05) is 54.6 Å². The van der Waals surface area contributed by atoms with Crippen molar-refractivity contribution in [1.82, 2.24) is 15.0 Å². The molecule has 0 atom stereocenters. The first-order valence-electron chi connectivity index (χ1n) is 9.87. The van der Waals surface area contributed by atoms with Gasteiger partial charge in [0.05, 0.1) is 18.7 Å². The van der Waals surface area contributed by atoms with E-state index >= 15 is 0 Å². The van der Waals surface area contributed by atoms with Gasteiger partial charge in [0.2, 0.25) is 5.82 Å². The summed E-state index contributed by atoms with van der Waals surface area (Å²) < 4.78 is 25.0. The summed E-state index contributed by atoms with van der Waals surface area (Å²) in [5.41, 5.74) is 1.75. The van der Waals surface area contributed by atoms with Crippen molar-refractivity contribution in [3.8, 4) is 28.6 Å². The average molecular weight is 415 g/mol. The second-order valence-electron chi connectivity index (χ2n) is 7.24. The van der Waals surface area contributed by atoms with Crippen LogP contribution in [0.3, 0.4) is 0 Å². The Balaban J connectivity index is 1.19. The van der Waals surface area contributed by atoms with Crippen LogP contribution in [0.15, 0.2) is 83.4 Å². The van der Waals surface area contributed by atoms with E-state index in [1.165, 1.54) is 12.1 Å². The van der Waals surface area contributed by atoms with E-state index in [1.54, 1.807) is 17.0 Å². The fourth-order valence-corrected chi connectivity index (χ4v) is 3.40. The summed E-state index contributed by atoms with van der Waals surface area (Å²) in [6, 6.07) is 22.9. The summed E-state index contributed by atoms with van der Waals surface area (Å²) in [6.45, 7) is 0.834. The molecule has 7 heteroatoms. The molecule has 4 aromatic rings. The number of hydrogen-bond donors (Lipinski definition) is 0. The number of aromatic nitrogens is 2. The molecule has 1 amide bonds. The lowest BCUT2D eigenvalue weighted by Gasteiger charge is -2.39. The molecule has 6 nitrogen and oxygen atoms in total. The Morgan fingerprint density at radius 1 is 0.935 bits per heavy atom. The first kappa shape index (κ1) is 19.0. The second kappa shape index (κ2) is 8.02. The number of likely N-dealkylation sites (tertiary alicyclic amines) is 1. The molecule has 0 unspecified atom stereocenters. The highest BCUT2D eigenvalue weighted by molar-refractivity contribution is 5.95. The number of benzene rings is 3. The van der Waals surface area contributed by atoms with Crippen molar-refractivity contribution >= 4 is 5.91 Å². The van der Waals surface area contributed by atoms with Gasteiger partial charge in [0.15, 0.2) is 0 Å². The van der Waals surface area contributed by atoms with Gasteiger partial charge >= 0.3 is 0 Å². The van der Waals surface area contributed by atoms with Crippen molar-refractivity contribution in [2.75, 3.05) is 13.1 Å². The summed E-state index contributed by atoms with van der Waals surface area (Å²) >= 11 is 0. The second-order valence-corrected chi connectivity index (χ2v) is 7.24. The Labute approximate surface area is 177 Å². The number of hydrogen-bond acceptors (Lipinski definition) is 5. The van der Waals surface area contributed by atoms with Crippen molar-refractivity contribution < 1.29 is 18.4 Å². The number of rotatable bonds is 5. The molecule has 1 aromatic heterocycles. The fourth-order valence-electron chi connectivity index (χ4n) is 3.40. The van der Waals surface area contributed by atoms with Gasteiger partial charge in [-0.1, -0.05) is 35.5 Å². The standard InChI is InChI=1S/C24H18FN3O3/c25-21-9-5-4-8-20(21)24(29)28-14-19(15-28)30-18-12-10-16(11-13-18)22-26-23(31-27-22)17-6-2-1-3-7-17/h1-13,19H,14-15H2. The van der Waals surface area contributed by atoms with Gasteiger partial charge < -0.3 is 14.2 Å². The molecule has 0 spiro atoms. The van der Waals surface area contributed by atoms with Crippen LogP contribution in [0.25, 0.3) is 22.8 Å². The van der Waals surface area contributed by atoms with E-state index in [9.17, 15) is 9.18 Å². The number of halogens is 1. The van der Waals surface area contributed by atoms with E-state index in [4.69, 9.17) is 9.26 Å². The topological polar surface area (TPSA) is 68.5 Å². The summed E-state index contributed by atoms with van der Waals surface area (Å²) in [4.78, 5) is 18.4. The van der Waals surface area contributed by atoms with Gasteiger partial charge in [-0.05, 0) is 48.5 Å². The quantitative estimate of drug-likeness (QED) is 0.482. The van der Waals surface area contributed by atoms with Gasteiger partial charge in [0.25, 0.3) is 11.8 Å². The minimum Gasteiger partial charge on any atom is -0.487 e. The first-order valence-corrected chi connectivity index (χ1v) is 9.87. The van der Waals surface area contributed by atoms with Gasteiger partial charge in [0.1, 0.15) is 17.7 Å². The molecular formula is C24H18FN3O3. The Morgan fingerprint density at radius 3 is 2.39 bits per heavy atom. The van der Waals surface area contributed by atoms with E-state index in [-0.39, 0.29) is 17.6 Å². The van der Waals surface area contributed by atoms with E-state index in [2.05, 4.69) is 10.1 Å². The van der Waals surface area contributed by atoms with Crippen LogP contribution in [0.2, 0.25) is 0 Å². The smallest absolute Gasteiger partial charge is 0.258 e. The summed E-state index contributed by atoms with van der Waals surface area (Å²) in [6.07, 6.45) is -0.128. The number of carbonyl (C=O) groups excluding carboxylic acids is 1. The third-order valence-electron chi connectivity index (χ3n) is 5.10. The molecule has 1 saturated heterocycles. The number of nitrogens with zero attached hydrogens (tertiary/aromatic N) is 3. The highest BCUT2D eigenvalue weighted by Gasteiger charge is 2.33. The zero-order valence-electron chi connectivity index (χ0n) is 16.4. The molecule has 0 N–H and O–H groups in total. The largest absolute Gasteiger partial charge is 0.487 e. The number of ether oxygens (including phenoxy) is 1. The van der Waals surface area contributed by atoms with Crippen LogP contribution in [-0.4, -0.2) is 40.1 Å². The van der Waals surface area contributed by atoms with E-state index in [0.717, 1.165) is 11.1 Å². The van der Waals surface area contributed by atoms with Crippen molar-refractivity contribution in [2.45, 2.75) is 6.10 Å². The van der Waals surface area contributed by atoms with Crippen molar-refractivity contribution in [2.24, 2.45) is 0 Å². The maximum atomic E-state index is 13.8. The highest BCUT2D eigenvalue weighted by Crippen LogP contribution is 2.25. The maximum absolute atomic E-state index is 13.8. The molecule has 1 aliphatic heterocycles. The molecule has 5 rings (SSSR count). The molecule has 1 fully saturated rings. The Kier molecular flexibility index (Phi) is 4.92. The normalized spacial score (nSPS) is 13.6. The van der Waals surface area contributed by atoms with Crippen LogP contribution < -0.4 is 4.74 Å². The molecule has 3 aromatic carbocycles. The van der Waals surface area contributed by atoms with E-state index < -0.39 is 5.82 Å². The lowest BCUT2D eigenvalue weighted by molar-refractivity contribution is 0.0174. The molecule has 1 aliphatic rings. The maximum Gasteiger partial charge on any atom is 0.258 e. The summed E-state index contributed by atoms with van der Waals surface area (Å²) in [5.74, 6) is 0.809. The van der Waals surface area contributed by atoms with Crippen LogP contribution in [0.5, 0.6) is 5.75 Å². The zero-order valence-corrected chi connectivity index (χ0v) is 16.4. The van der Waals surface area contributed by atoms with Crippen LogP contribution in [0, 0.1) is 5.82 Å². The summed E-state index contributed by atoms with van der Waals surface area (Å²) in [5, 5.41) is 4.04. The number of amides is 1. The van der Waals surface area contributed by atoms with Crippen LogP contribution in [-0.2, 0) is 0 Å². The number of carbonyl (C=O) groups is 1. The molecule has 31 heavy (non-hydrogen) atoms. The fraction of sp³-hybridized carbons (Fsp3) is 0.125. The van der Waals surface area contributed by atoms with Gasteiger partial charge in [-0.25, -0.2) is 4.39 Å². The highest BCUT2D eigenvalue weighted by atomic mass is 19.1. The van der Waals surface area contributed by atoms with Crippen molar-refractivity contribution in [3.05, 3.63) is 90.2 Å². The molecule has 0 aliphatic carbocycles. The Hall–Kier alpha value is -4.00.